The van der Waals surface area contributed by atoms with Crippen LogP contribution in [0.5, 0.6) is 11.5 Å². The third-order valence-corrected chi connectivity index (χ3v) is 12.3. The predicted molar refractivity (Wildman–Crippen MR) is 188 cm³/mol. The first-order valence-electron chi connectivity index (χ1n) is 19.2. The normalized spacial score (nSPS) is 30.6. The van der Waals surface area contributed by atoms with E-state index in [9.17, 15) is 24.6 Å². The van der Waals surface area contributed by atoms with Crippen LogP contribution in [0.2, 0.25) is 0 Å². The zero-order chi connectivity index (χ0) is 34.5. The number of aliphatic hydroxyl groups is 2. The van der Waals surface area contributed by atoms with Crippen molar-refractivity contribution in [2.75, 3.05) is 26.8 Å². The van der Waals surface area contributed by atoms with E-state index in [0.29, 0.717) is 58.9 Å². The van der Waals surface area contributed by atoms with Crippen LogP contribution >= 0.6 is 0 Å². The molecule has 7 rings (SSSR count). The van der Waals surface area contributed by atoms with Crippen LogP contribution in [-0.2, 0) is 9.59 Å². The molecule has 1 heterocycles. The average molecular weight is 679 g/mol. The summed E-state index contributed by atoms with van der Waals surface area (Å²) in [6.07, 6.45) is 18.7. The van der Waals surface area contributed by atoms with E-state index in [0.717, 1.165) is 44.8 Å². The number of benzene rings is 1. The van der Waals surface area contributed by atoms with E-state index < -0.39 is 24.2 Å². The lowest BCUT2D eigenvalue weighted by molar-refractivity contribution is -0.145. The number of unbranched alkanes of at least 4 members (excludes halogenated alkanes) is 8. The number of rotatable bonds is 18. The zero-order valence-electron chi connectivity index (χ0n) is 29.7. The van der Waals surface area contributed by atoms with Crippen LogP contribution in [0.3, 0.4) is 0 Å². The Morgan fingerprint density at radius 3 is 2.22 bits per heavy atom. The van der Waals surface area contributed by atoms with Crippen molar-refractivity contribution in [1.29, 1.82) is 0 Å². The molecular formula is C40H58N2O7. The van der Waals surface area contributed by atoms with Gasteiger partial charge in [0.1, 0.15) is 18.5 Å². The Morgan fingerprint density at radius 2 is 1.63 bits per heavy atom. The number of amides is 2. The van der Waals surface area contributed by atoms with Crippen molar-refractivity contribution < 1.29 is 34.1 Å². The summed E-state index contributed by atoms with van der Waals surface area (Å²) in [5, 5.41) is 24.5. The molecule has 5 aliphatic carbocycles. The topological polar surface area (TPSA) is 125 Å². The molecule has 0 saturated heterocycles. The monoisotopic (exact) mass is 678 g/mol. The molecule has 4 atom stereocenters. The van der Waals surface area contributed by atoms with Crippen molar-refractivity contribution in [1.82, 2.24) is 10.2 Å². The fraction of sp³-hybridized carbons (Fsp3) is 0.725. The van der Waals surface area contributed by atoms with Gasteiger partial charge in [0.2, 0.25) is 11.8 Å². The highest BCUT2D eigenvalue weighted by Gasteiger charge is 2.55. The summed E-state index contributed by atoms with van der Waals surface area (Å²) in [6.45, 7) is 2.67. The second-order valence-electron chi connectivity index (χ2n) is 15.9. The summed E-state index contributed by atoms with van der Waals surface area (Å²) in [7, 11) is 1.50. The first-order chi connectivity index (χ1) is 23.8. The molecule has 2 amide bonds. The lowest BCUT2D eigenvalue weighted by atomic mass is 9.49. The molecule has 1 aromatic carbocycles. The van der Waals surface area contributed by atoms with E-state index in [1.54, 1.807) is 18.2 Å². The van der Waals surface area contributed by atoms with E-state index in [4.69, 9.17) is 9.47 Å². The Labute approximate surface area is 292 Å². The van der Waals surface area contributed by atoms with Crippen LogP contribution in [0.1, 0.15) is 131 Å². The minimum absolute atomic E-state index is 0.0314. The molecule has 9 heteroatoms. The van der Waals surface area contributed by atoms with Gasteiger partial charge >= 0.3 is 0 Å². The van der Waals surface area contributed by atoms with Gasteiger partial charge in [-0.1, -0.05) is 58.3 Å². The van der Waals surface area contributed by atoms with Crippen LogP contribution in [0.15, 0.2) is 23.8 Å². The van der Waals surface area contributed by atoms with Crippen molar-refractivity contribution in [3.05, 3.63) is 34.9 Å². The van der Waals surface area contributed by atoms with E-state index in [-0.39, 0.29) is 30.4 Å². The number of ether oxygens (including phenoxy) is 2. The number of fused-ring (bicyclic) bond motifs is 3. The number of hydrogen-bond acceptors (Lipinski definition) is 7. The number of aldehydes is 1. The number of aliphatic hydroxyl groups excluding tert-OH is 2. The van der Waals surface area contributed by atoms with Gasteiger partial charge < -0.3 is 29.9 Å². The number of carbonyl (C=O) groups excluding carboxylic acids is 3. The lowest BCUT2D eigenvalue weighted by Gasteiger charge is -2.58. The van der Waals surface area contributed by atoms with Crippen LogP contribution in [0, 0.1) is 23.2 Å². The Kier molecular flexibility index (Phi) is 11.7. The highest BCUT2D eigenvalue weighted by molar-refractivity contribution is 5.96. The van der Waals surface area contributed by atoms with Crippen LogP contribution in [-0.4, -0.2) is 78.3 Å². The first-order valence-corrected chi connectivity index (χ1v) is 19.2. The van der Waals surface area contributed by atoms with Gasteiger partial charge in [-0.25, -0.2) is 0 Å². The number of carbonyl (C=O) groups is 3. The van der Waals surface area contributed by atoms with Crippen molar-refractivity contribution in [3.63, 3.8) is 0 Å². The largest absolute Gasteiger partial charge is 0.493 e. The molecule has 49 heavy (non-hydrogen) atoms. The van der Waals surface area contributed by atoms with E-state index in [1.807, 2.05) is 4.90 Å². The molecule has 0 radical (unpaired) electrons. The van der Waals surface area contributed by atoms with Gasteiger partial charge in [-0.05, 0) is 86.3 Å². The van der Waals surface area contributed by atoms with E-state index >= 15 is 0 Å². The molecule has 3 N–H and O–H groups in total. The third-order valence-electron chi connectivity index (χ3n) is 12.3. The minimum Gasteiger partial charge on any atom is -0.493 e. The Bertz CT molecular complexity index is 1340. The molecular weight excluding hydrogens is 620 g/mol. The Hall–Kier alpha value is -2.91. The molecule has 1 aromatic rings. The standard InChI is InChI=1S/C40H58N2O7/c1-3-4-5-6-7-8-9-10-11-12-34(45)42(25-40-21-26-15-27(22-40)17-28(16-26)23-40)32-20-31(39(47)41-13-14-43)35-30-18-29(24-44)19-33(48-2)37(30)49-38(35)36(32)46/h18-20,24,26-28,32,35-36,38,43,46H,3-17,21-23,25H2,1-2H3,(H,41,47)/t26?,27?,28?,32-,35+,36+,38+,40?/m1/s1. The fourth-order valence-electron chi connectivity index (χ4n) is 10.5. The van der Waals surface area contributed by atoms with Gasteiger partial charge in [0.15, 0.2) is 11.5 Å². The SMILES string of the molecule is CCCCCCCCCCCC(=O)N(CC12CC3CC(CC(C3)C1)C2)[C@@H]1C=C(C(=O)NCCO)[C@@H]2c3cc(C=O)cc(OC)c3O[C@@H]2[C@H]1O. The van der Waals surface area contributed by atoms with Crippen LogP contribution in [0.25, 0.3) is 0 Å². The average Bonchev–Trinajstić information content (AvgIpc) is 3.48. The molecule has 0 unspecified atom stereocenters. The van der Waals surface area contributed by atoms with Gasteiger partial charge in [0, 0.05) is 36.2 Å². The highest BCUT2D eigenvalue weighted by Crippen LogP contribution is 2.60. The number of nitrogens with one attached hydrogen (secondary N) is 1. The summed E-state index contributed by atoms with van der Waals surface area (Å²) < 4.78 is 12.0. The maximum absolute atomic E-state index is 14.4. The smallest absolute Gasteiger partial charge is 0.247 e. The van der Waals surface area contributed by atoms with Crippen LogP contribution < -0.4 is 14.8 Å². The van der Waals surface area contributed by atoms with Gasteiger partial charge in [-0.3, -0.25) is 14.4 Å². The fourth-order valence-corrected chi connectivity index (χ4v) is 10.5. The maximum Gasteiger partial charge on any atom is 0.247 e. The number of methoxy groups -OCH3 is 1. The van der Waals surface area contributed by atoms with Crippen molar-refractivity contribution in [3.8, 4) is 11.5 Å². The van der Waals surface area contributed by atoms with Gasteiger partial charge in [0.05, 0.1) is 25.7 Å². The van der Waals surface area contributed by atoms with Crippen molar-refractivity contribution >= 4 is 18.1 Å². The number of nitrogens with zero attached hydrogens (tertiary/aromatic N) is 1. The van der Waals surface area contributed by atoms with Gasteiger partial charge in [0.25, 0.3) is 0 Å². The summed E-state index contributed by atoms with van der Waals surface area (Å²) in [5.41, 5.74) is 1.40. The summed E-state index contributed by atoms with van der Waals surface area (Å²) in [6, 6.07) is 2.54. The highest BCUT2D eigenvalue weighted by atomic mass is 16.5. The Morgan fingerprint density at radius 1 is 1.00 bits per heavy atom. The number of hydrogen-bond donors (Lipinski definition) is 3. The first kappa shape index (κ1) is 35.9. The zero-order valence-corrected chi connectivity index (χ0v) is 29.7. The van der Waals surface area contributed by atoms with Gasteiger partial charge in [-0.2, -0.15) is 0 Å². The van der Waals surface area contributed by atoms with Crippen molar-refractivity contribution in [2.24, 2.45) is 23.2 Å². The lowest BCUT2D eigenvalue weighted by Crippen LogP contribution is -2.59. The molecule has 270 valence electrons. The quantitative estimate of drug-likeness (QED) is 0.127. The summed E-state index contributed by atoms with van der Waals surface area (Å²) >= 11 is 0. The second-order valence-corrected chi connectivity index (χ2v) is 15.9. The molecule has 0 aromatic heterocycles. The molecule has 0 spiro atoms. The van der Waals surface area contributed by atoms with E-state index in [2.05, 4.69) is 12.2 Å². The predicted octanol–water partition coefficient (Wildman–Crippen LogP) is 6.10. The second kappa shape index (κ2) is 16.0. The molecule has 4 fully saturated rings. The molecule has 4 saturated carbocycles. The third kappa shape index (κ3) is 7.73. The van der Waals surface area contributed by atoms with E-state index in [1.165, 1.54) is 64.9 Å². The molecule has 9 nitrogen and oxygen atoms in total. The maximum atomic E-state index is 14.4. The molecule has 6 aliphatic rings. The van der Waals surface area contributed by atoms with Crippen molar-refractivity contribution in [2.45, 2.75) is 134 Å². The van der Waals surface area contributed by atoms with Crippen LogP contribution in [0.4, 0.5) is 0 Å². The minimum atomic E-state index is -1.10. The molecule has 1 aliphatic heterocycles. The summed E-state index contributed by atoms with van der Waals surface area (Å²) in [5.74, 6) is 1.88. The summed E-state index contributed by atoms with van der Waals surface area (Å²) in [4.78, 5) is 42.0. The molecule has 4 bridgehead atoms. The van der Waals surface area contributed by atoms with Gasteiger partial charge in [-0.15, -0.1) is 0 Å². The Balaban J connectivity index is 1.28.